The van der Waals surface area contributed by atoms with Gasteiger partial charge in [-0.2, -0.15) is 0 Å². The van der Waals surface area contributed by atoms with Gasteiger partial charge in [-0.05, 0) is 31.0 Å². The number of benzene rings is 1. The molecule has 3 nitrogen and oxygen atoms in total. The van der Waals surface area contributed by atoms with Crippen LogP contribution in [0.15, 0.2) is 24.3 Å². The van der Waals surface area contributed by atoms with Gasteiger partial charge in [-0.1, -0.05) is 44.4 Å². The molecule has 0 radical (unpaired) electrons. The third kappa shape index (κ3) is 6.12. The number of nitrogens with one attached hydrogen (secondary N) is 1. The van der Waals surface area contributed by atoms with E-state index in [-0.39, 0.29) is 6.61 Å². The summed E-state index contributed by atoms with van der Waals surface area (Å²) in [7, 11) is 0. The van der Waals surface area contributed by atoms with E-state index in [1.165, 1.54) is 0 Å². The second-order valence-corrected chi connectivity index (χ2v) is 5.63. The van der Waals surface area contributed by atoms with Gasteiger partial charge >= 0.3 is 0 Å². The third-order valence-corrected chi connectivity index (χ3v) is 3.90. The van der Waals surface area contributed by atoms with E-state index in [4.69, 9.17) is 16.3 Å². The van der Waals surface area contributed by atoms with E-state index < -0.39 is 6.10 Å². The second-order valence-electron chi connectivity index (χ2n) is 5.20. The van der Waals surface area contributed by atoms with E-state index >= 15 is 0 Å². The predicted molar refractivity (Wildman–Crippen MR) is 84.5 cm³/mol. The lowest BCUT2D eigenvalue weighted by atomic mass is 9.95. The summed E-state index contributed by atoms with van der Waals surface area (Å²) in [5, 5.41) is 13.9. The van der Waals surface area contributed by atoms with Crippen molar-refractivity contribution in [3.05, 3.63) is 29.3 Å². The Morgan fingerprint density at radius 2 is 2.00 bits per heavy atom. The van der Waals surface area contributed by atoms with Gasteiger partial charge in [0.15, 0.2) is 0 Å². The van der Waals surface area contributed by atoms with Gasteiger partial charge in [0.2, 0.25) is 0 Å². The summed E-state index contributed by atoms with van der Waals surface area (Å²) in [6.45, 7) is 7.37. The normalized spacial score (nSPS) is 14.3. The molecule has 0 saturated heterocycles. The van der Waals surface area contributed by atoms with E-state index in [0.717, 1.165) is 12.8 Å². The van der Waals surface area contributed by atoms with Crippen molar-refractivity contribution < 1.29 is 9.84 Å². The maximum Gasteiger partial charge on any atom is 0.120 e. The molecule has 1 aromatic rings. The first-order chi connectivity index (χ1) is 9.56. The molecule has 2 N–H and O–H groups in total. The fourth-order valence-electron chi connectivity index (χ4n) is 2.29. The van der Waals surface area contributed by atoms with Gasteiger partial charge in [0.05, 0.1) is 0 Å². The highest BCUT2D eigenvalue weighted by molar-refractivity contribution is 6.30. The van der Waals surface area contributed by atoms with Crippen LogP contribution in [0.4, 0.5) is 0 Å². The number of hydrogen-bond acceptors (Lipinski definition) is 3. The van der Waals surface area contributed by atoms with E-state index in [9.17, 15) is 5.11 Å². The molecular weight excluding hydrogens is 274 g/mol. The molecule has 0 aliphatic rings. The number of rotatable bonds is 9. The summed E-state index contributed by atoms with van der Waals surface area (Å²) in [6.07, 6.45) is 1.78. The van der Waals surface area contributed by atoms with Crippen LogP contribution in [0, 0.1) is 5.92 Å². The van der Waals surface area contributed by atoms with Crippen LogP contribution < -0.4 is 10.1 Å². The molecule has 4 heteroatoms. The molecular formula is C16H26ClNO2. The van der Waals surface area contributed by atoms with Crippen LogP contribution in [0.25, 0.3) is 0 Å². The predicted octanol–water partition coefficient (Wildman–Crippen LogP) is 3.49. The van der Waals surface area contributed by atoms with Crippen LogP contribution in [0.3, 0.4) is 0 Å². The monoisotopic (exact) mass is 299 g/mol. The highest BCUT2D eigenvalue weighted by atomic mass is 35.5. The zero-order chi connectivity index (χ0) is 15.0. The van der Waals surface area contributed by atoms with Gasteiger partial charge in [-0.15, -0.1) is 0 Å². The van der Waals surface area contributed by atoms with Crippen LogP contribution in [-0.2, 0) is 0 Å². The standard InChI is InChI=1S/C16H26ClNO2/c1-4-13(5-2)12(3)18-10-15(19)11-20-16-8-6-7-14(17)9-16/h6-9,12-13,15,18-19H,4-5,10-11H2,1-3H3. The van der Waals surface area contributed by atoms with Crippen molar-refractivity contribution >= 4 is 11.6 Å². The van der Waals surface area contributed by atoms with E-state index in [0.29, 0.717) is 29.3 Å². The largest absolute Gasteiger partial charge is 0.491 e. The number of hydrogen-bond donors (Lipinski definition) is 2. The van der Waals surface area contributed by atoms with Crippen molar-refractivity contribution in [2.45, 2.75) is 45.8 Å². The van der Waals surface area contributed by atoms with Gasteiger partial charge in [-0.25, -0.2) is 0 Å². The first kappa shape index (κ1) is 17.3. The first-order valence-corrected chi connectivity index (χ1v) is 7.74. The van der Waals surface area contributed by atoms with E-state index in [1.54, 1.807) is 12.1 Å². The molecule has 0 amide bonds. The maximum atomic E-state index is 9.94. The molecule has 0 aliphatic heterocycles. The van der Waals surface area contributed by atoms with E-state index in [2.05, 4.69) is 26.1 Å². The molecule has 0 aliphatic carbocycles. The summed E-state index contributed by atoms with van der Waals surface area (Å²) in [5.74, 6) is 1.33. The molecule has 0 saturated carbocycles. The average molecular weight is 300 g/mol. The van der Waals surface area contributed by atoms with Crippen molar-refractivity contribution in [3.8, 4) is 5.75 Å². The topological polar surface area (TPSA) is 41.5 Å². The molecule has 114 valence electrons. The minimum Gasteiger partial charge on any atom is -0.491 e. The lowest BCUT2D eigenvalue weighted by Crippen LogP contribution is -2.40. The summed E-state index contributed by atoms with van der Waals surface area (Å²) in [5.41, 5.74) is 0. The minimum atomic E-state index is -0.522. The second kappa shape index (κ2) is 9.22. The maximum absolute atomic E-state index is 9.94. The Morgan fingerprint density at radius 3 is 2.60 bits per heavy atom. The highest BCUT2D eigenvalue weighted by Gasteiger charge is 2.14. The zero-order valence-electron chi connectivity index (χ0n) is 12.6. The summed E-state index contributed by atoms with van der Waals surface area (Å²) in [4.78, 5) is 0. The van der Waals surface area contributed by atoms with Gasteiger partial charge < -0.3 is 15.2 Å². The van der Waals surface area contributed by atoms with Gasteiger partial charge in [0.1, 0.15) is 18.5 Å². The number of aliphatic hydroxyl groups excluding tert-OH is 1. The molecule has 0 heterocycles. The molecule has 2 atom stereocenters. The number of aliphatic hydroxyl groups is 1. The van der Waals surface area contributed by atoms with E-state index in [1.807, 2.05) is 12.1 Å². The van der Waals surface area contributed by atoms with Crippen molar-refractivity contribution in [2.24, 2.45) is 5.92 Å². The molecule has 0 aromatic heterocycles. The van der Waals surface area contributed by atoms with Crippen molar-refractivity contribution in [3.63, 3.8) is 0 Å². The van der Waals surface area contributed by atoms with Crippen LogP contribution in [0.1, 0.15) is 33.6 Å². The Labute approximate surface area is 127 Å². The van der Waals surface area contributed by atoms with Gasteiger partial charge in [0, 0.05) is 17.6 Å². The Kier molecular flexibility index (Phi) is 7.97. The van der Waals surface area contributed by atoms with Crippen LogP contribution in [0.5, 0.6) is 5.75 Å². The van der Waals surface area contributed by atoms with Gasteiger partial charge in [-0.3, -0.25) is 0 Å². The Balaban J connectivity index is 2.28. The fourth-order valence-corrected chi connectivity index (χ4v) is 2.47. The lowest BCUT2D eigenvalue weighted by molar-refractivity contribution is 0.101. The van der Waals surface area contributed by atoms with Crippen LogP contribution in [0.2, 0.25) is 5.02 Å². The molecule has 1 rings (SSSR count). The van der Waals surface area contributed by atoms with Crippen molar-refractivity contribution in [1.82, 2.24) is 5.32 Å². The zero-order valence-corrected chi connectivity index (χ0v) is 13.4. The molecule has 0 bridgehead atoms. The Hall–Kier alpha value is -0.770. The molecule has 20 heavy (non-hydrogen) atoms. The molecule has 1 aromatic carbocycles. The molecule has 0 fully saturated rings. The minimum absolute atomic E-state index is 0.267. The molecule has 0 spiro atoms. The Morgan fingerprint density at radius 1 is 1.30 bits per heavy atom. The lowest BCUT2D eigenvalue weighted by Gasteiger charge is -2.24. The third-order valence-electron chi connectivity index (χ3n) is 3.67. The van der Waals surface area contributed by atoms with Crippen molar-refractivity contribution in [1.29, 1.82) is 0 Å². The fraction of sp³-hybridized carbons (Fsp3) is 0.625. The van der Waals surface area contributed by atoms with Crippen LogP contribution >= 0.6 is 11.6 Å². The van der Waals surface area contributed by atoms with Gasteiger partial charge in [0.25, 0.3) is 0 Å². The SMILES string of the molecule is CCC(CC)C(C)NCC(O)COc1cccc(Cl)c1. The molecule has 2 unspecified atom stereocenters. The quantitative estimate of drug-likeness (QED) is 0.733. The van der Waals surface area contributed by atoms with Crippen molar-refractivity contribution in [2.75, 3.05) is 13.2 Å². The first-order valence-electron chi connectivity index (χ1n) is 7.36. The smallest absolute Gasteiger partial charge is 0.120 e. The summed E-state index contributed by atoms with van der Waals surface area (Å²) >= 11 is 5.87. The average Bonchev–Trinajstić information content (AvgIpc) is 2.44. The Bertz CT molecular complexity index is 382. The summed E-state index contributed by atoms with van der Waals surface area (Å²) in [6, 6.07) is 7.61. The highest BCUT2D eigenvalue weighted by Crippen LogP contribution is 2.17. The summed E-state index contributed by atoms with van der Waals surface area (Å²) < 4.78 is 5.52. The number of ether oxygens (including phenoxy) is 1. The number of halogens is 1. The van der Waals surface area contributed by atoms with Crippen LogP contribution in [-0.4, -0.2) is 30.4 Å².